The lowest BCUT2D eigenvalue weighted by Crippen LogP contribution is -2.37. The minimum atomic E-state index is -3.79. The third kappa shape index (κ3) is 2.81. The Bertz CT molecular complexity index is 815. The highest BCUT2D eigenvalue weighted by Crippen LogP contribution is 2.30. The van der Waals surface area contributed by atoms with Crippen LogP contribution in [0.3, 0.4) is 0 Å². The van der Waals surface area contributed by atoms with E-state index < -0.39 is 16.1 Å². The average Bonchev–Trinajstić information content (AvgIpc) is 2.83. The first-order valence-electron chi connectivity index (χ1n) is 6.35. The highest BCUT2D eigenvalue weighted by molar-refractivity contribution is 8.14. The second-order valence-corrected chi connectivity index (χ2v) is 7.91. The maximum atomic E-state index is 12.6. The molecule has 0 aliphatic carbocycles. The number of hydrogen-bond acceptors (Lipinski definition) is 4. The number of carbonyl (C=O) groups excluding carboxylic acids is 1. The Morgan fingerprint density at radius 2 is 1.90 bits per heavy atom. The number of fused-ring (bicyclic) bond motifs is 1. The van der Waals surface area contributed by atoms with E-state index in [-0.39, 0.29) is 10.0 Å². The monoisotopic (exact) mass is 341 g/mol. The number of halogens is 1. The molecule has 1 heterocycles. The molecule has 110 valence electrons. The summed E-state index contributed by atoms with van der Waals surface area (Å²) in [4.78, 5) is 11.7. The fraction of sp³-hybridized carbons (Fsp3) is 0.214. The van der Waals surface area contributed by atoms with Crippen molar-refractivity contribution in [3.05, 3.63) is 41.4 Å². The third-order valence-electron chi connectivity index (χ3n) is 3.34. The number of benzene rings is 2. The van der Waals surface area contributed by atoms with Crippen LogP contribution in [-0.4, -0.2) is 25.3 Å². The minimum absolute atomic E-state index is 0.107. The van der Waals surface area contributed by atoms with Gasteiger partial charge in [0.15, 0.2) is 0 Å². The van der Waals surface area contributed by atoms with Gasteiger partial charge in [-0.25, -0.2) is 8.42 Å². The smallest absolute Gasteiger partial charge is 0.241 e. The molecule has 4 nitrogen and oxygen atoms in total. The molecule has 2 aromatic carbocycles. The quantitative estimate of drug-likeness (QED) is 0.932. The number of thioether (sulfide) groups is 1. The first-order chi connectivity index (χ1) is 9.99. The zero-order valence-corrected chi connectivity index (χ0v) is 13.3. The summed E-state index contributed by atoms with van der Waals surface area (Å²) in [5.41, 5.74) is 0. The first-order valence-corrected chi connectivity index (χ1v) is 9.20. The summed E-state index contributed by atoms with van der Waals surface area (Å²) in [6, 6.07) is 9.54. The van der Waals surface area contributed by atoms with E-state index in [0.29, 0.717) is 22.6 Å². The van der Waals surface area contributed by atoms with Crippen LogP contribution in [0.5, 0.6) is 0 Å². The number of carbonyl (C=O) groups is 1. The topological polar surface area (TPSA) is 63.2 Å². The minimum Gasteiger partial charge on any atom is -0.285 e. The number of nitrogens with one attached hydrogen (secondary N) is 1. The summed E-state index contributed by atoms with van der Waals surface area (Å²) in [6.07, 6.45) is 0.515. The Labute approximate surface area is 131 Å². The van der Waals surface area contributed by atoms with Gasteiger partial charge >= 0.3 is 0 Å². The van der Waals surface area contributed by atoms with Crippen LogP contribution in [0.15, 0.2) is 41.3 Å². The van der Waals surface area contributed by atoms with Crippen LogP contribution in [0.1, 0.15) is 6.42 Å². The van der Waals surface area contributed by atoms with Crippen LogP contribution in [-0.2, 0) is 14.8 Å². The Balaban J connectivity index is 2.09. The van der Waals surface area contributed by atoms with Crippen molar-refractivity contribution in [1.29, 1.82) is 0 Å². The molecule has 1 aliphatic heterocycles. The zero-order valence-electron chi connectivity index (χ0n) is 10.9. The summed E-state index contributed by atoms with van der Waals surface area (Å²) in [7, 11) is -3.79. The summed E-state index contributed by atoms with van der Waals surface area (Å²) in [5, 5.41) is 1.47. The van der Waals surface area contributed by atoms with Crippen LogP contribution < -0.4 is 4.72 Å². The molecule has 1 N–H and O–H groups in total. The molecule has 0 radical (unpaired) electrons. The van der Waals surface area contributed by atoms with E-state index in [1.807, 2.05) is 0 Å². The summed E-state index contributed by atoms with van der Waals surface area (Å²) in [5.74, 6) is 0.641. The lowest BCUT2D eigenvalue weighted by atomic mass is 10.1. The molecule has 0 spiro atoms. The zero-order chi connectivity index (χ0) is 15.0. The first kappa shape index (κ1) is 14.8. The fourth-order valence-electron chi connectivity index (χ4n) is 2.34. The van der Waals surface area contributed by atoms with Crippen LogP contribution in [0.25, 0.3) is 10.8 Å². The van der Waals surface area contributed by atoms with Crippen molar-refractivity contribution in [2.45, 2.75) is 17.4 Å². The number of hydrogen-bond donors (Lipinski definition) is 1. The number of sulfonamides is 1. The number of rotatable bonds is 3. The van der Waals surface area contributed by atoms with Gasteiger partial charge in [-0.15, -0.1) is 0 Å². The molecule has 3 rings (SSSR count). The predicted octanol–water partition coefficient (Wildman–Crippen LogP) is 2.80. The van der Waals surface area contributed by atoms with Crippen LogP contribution in [0, 0.1) is 0 Å². The van der Waals surface area contributed by atoms with Gasteiger partial charge in [-0.1, -0.05) is 47.6 Å². The summed E-state index contributed by atoms with van der Waals surface area (Å²) < 4.78 is 27.6. The van der Waals surface area contributed by atoms with Gasteiger partial charge in [0.05, 0.1) is 10.9 Å². The van der Waals surface area contributed by atoms with Gasteiger partial charge in [0.1, 0.15) is 0 Å². The van der Waals surface area contributed by atoms with Crippen LogP contribution in [0.2, 0.25) is 5.02 Å². The van der Waals surface area contributed by atoms with E-state index in [2.05, 4.69) is 4.72 Å². The molecule has 0 aromatic heterocycles. The maximum absolute atomic E-state index is 12.6. The molecule has 0 saturated carbocycles. The van der Waals surface area contributed by atoms with Gasteiger partial charge in [0.25, 0.3) is 0 Å². The Morgan fingerprint density at radius 3 is 2.57 bits per heavy atom. The van der Waals surface area contributed by atoms with Gasteiger partial charge in [0, 0.05) is 16.2 Å². The van der Waals surface area contributed by atoms with E-state index in [1.54, 1.807) is 30.3 Å². The second kappa shape index (κ2) is 5.61. The molecule has 0 bridgehead atoms. The van der Waals surface area contributed by atoms with E-state index in [4.69, 9.17) is 11.6 Å². The molecule has 7 heteroatoms. The molecular weight excluding hydrogens is 330 g/mol. The Morgan fingerprint density at radius 1 is 1.19 bits per heavy atom. The lowest BCUT2D eigenvalue weighted by Gasteiger charge is -2.13. The van der Waals surface area contributed by atoms with Crippen LogP contribution >= 0.6 is 23.4 Å². The van der Waals surface area contributed by atoms with Crippen molar-refractivity contribution >= 4 is 49.3 Å². The third-order valence-corrected chi connectivity index (χ3v) is 6.18. The Kier molecular flexibility index (Phi) is 3.96. The molecule has 2 aromatic rings. The average molecular weight is 342 g/mol. The standard InChI is InChI=1S/C14H12ClNO3S2/c15-10-5-1-3-9-4-2-6-12(13(9)10)21(18,19)16-11-7-8-20-14(11)17/h1-6,11,16H,7-8H2. The highest BCUT2D eigenvalue weighted by atomic mass is 35.5. The SMILES string of the molecule is O=C1SCCC1NS(=O)(=O)c1cccc2cccc(Cl)c12. The van der Waals surface area contributed by atoms with Gasteiger partial charge in [-0.2, -0.15) is 4.72 Å². The lowest BCUT2D eigenvalue weighted by molar-refractivity contribution is -0.111. The molecular formula is C14H12ClNO3S2. The maximum Gasteiger partial charge on any atom is 0.241 e. The molecule has 1 atom stereocenters. The largest absolute Gasteiger partial charge is 0.285 e. The van der Waals surface area contributed by atoms with Gasteiger partial charge in [0.2, 0.25) is 15.1 Å². The molecule has 21 heavy (non-hydrogen) atoms. The molecule has 0 amide bonds. The van der Waals surface area contributed by atoms with E-state index >= 15 is 0 Å². The van der Waals surface area contributed by atoms with Crippen molar-refractivity contribution in [1.82, 2.24) is 4.72 Å². The normalized spacial score (nSPS) is 19.3. The van der Waals surface area contributed by atoms with Gasteiger partial charge in [-0.05, 0) is 23.9 Å². The molecule has 1 fully saturated rings. The van der Waals surface area contributed by atoms with Gasteiger partial charge in [-0.3, -0.25) is 4.79 Å². The summed E-state index contributed by atoms with van der Waals surface area (Å²) in [6.45, 7) is 0. The fourth-order valence-corrected chi connectivity index (χ4v) is 5.17. The van der Waals surface area contributed by atoms with Crippen molar-refractivity contribution in [2.75, 3.05) is 5.75 Å². The van der Waals surface area contributed by atoms with E-state index in [0.717, 1.165) is 17.1 Å². The van der Waals surface area contributed by atoms with Gasteiger partial charge < -0.3 is 0 Å². The van der Waals surface area contributed by atoms with E-state index in [1.165, 1.54) is 6.07 Å². The predicted molar refractivity (Wildman–Crippen MR) is 85.1 cm³/mol. The van der Waals surface area contributed by atoms with Crippen molar-refractivity contribution < 1.29 is 13.2 Å². The summed E-state index contributed by atoms with van der Waals surface area (Å²) >= 11 is 7.31. The Hall–Kier alpha value is -1.08. The molecule has 1 aliphatic rings. The molecule has 1 saturated heterocycles. The molecule has 1 unspecified atom stereocenters. The van der Waals surface area contributed by atoms with Crippen molar-refractivity contribution in [3.8, 4) is 0 Å². The van der Waals surface area contributed by atoms with Crippen molar-refractivity contribution in [3.63, 3.8) is 0 Å². The van der Waals surface area contributed by atoms with Crippen molar-refractivity contribution in [2.24, 2.45) is 0 Å². The van der Waals surface area contributed by atoms with Crippen LogP contribution in [0.4, 0.5) is 0 Å². The van der Waals surface area contributed by atoms with E-state index in [9.17, 15) is 13.2 Å². The second-order valence-electron chi connectivity index (χ2n) is 4.72. The highest BCUT2D eigenvalue weighted by Gasteiger charge is 2.31.